The van der Waals surface area contributed by atoms with Gasteiger partial charge in [-0.3, -0.25) is 0 Å². The number of aromatic hydroxyl groups is 1. The van der Waals surface area contributed by atoms with Gasteiger partial charge in [0, 0.05) is 17.5 Å². The minimum absolute atomic E-state index is 0.141. The summed E-state index contributed by atoms with van der Waals surface area (Å²) in [5.41, 5.74) is 2.08. The van der Waals surface area contributed by atoms with Crippen LogP contribution in [0.1, 0.15) is 17.0 Å². The highest BCUT2D eigenvalue weighted by Gasteiger charge is 2.27. The Morgan fingerprint density at radius 2 is 1.78 bits per heavy atom. The van der Waals surface area contributed by atoms with Gasteiger partial charge < -0.3 is 24.1 Å². The number of phenolic OH excluding ortho intramolecular Hbond substituents is 1. The molecule has 5 heteroatoms. The second-order valence-corrected chi connectivity index (χ2v) is 5.43. The zero-order chi connectivity index (χ0) is 16.4. The molecule has 0 aromatic heterocycles. The summed E-state index contributed by atoms with van der Waals surface area (Å²) in [4.78, 5) is 0. The molecule has 2 aromatic carbocycles. The molecule has 0 bridgehead atoms. The number of phenols is 1. The molecule has 3 rings (SSSR count). The average Bonchev–Trinajstić information content (AvgIpc) is 2.59. The predicted octanol–water partition coefficient (Wildman–Crippen LogP) is 3.14. The summed E-state index contributed by atoms with van der Waals surface area (Å²) >= 11 is 0. The maximum atomic E-state index is 9.55. The van der Waals surface area contributed by atoms with Gasteiger partial charge in [-0.25, -0.2) is 0 Å². The van der Waals surface area contributed by atoms with Crippen LogP contribution in [-0.2, 0) is 6.42 Å². The number of rotatable bonds is 4. The van der Waals surface area contributed by atoms with Crippen molar-refractivity contribution in [3.05, 3.63) is 41.5 Å². The molecule has 5 nitrogen and oxygen atoms in total. The predicted molar refractivity (Wildman–Crippen MR) is 86.1 cm³/mol. The van der Waals surface area contributed by atoms with Crippen molar-refractivity contribution in [3.63, 3.8) is 0 Å². The van der Waals surface area contributed by atoms with Gasteiger partial charge in [-0.15, -0.1) is 0 Å². The lowest BCUT2D eigenvalue weighted by molar-refractivity contribution is 0.255. The van der Waals surface area contributed by atoms with E-state index in [-0.39, 0.29) is 11.7 Å². The van der Waals surface area contributed by atoms with E-state index in [1.54, 1.807) is 33.5 Å². The van der Waals surface area contributed by atoms with Gasteiger partial charge in [-0.2, -0.15) is 0 Å². The largest absolute Gasteiger partial charge is 0.508 e. The number of methoxy groups -OCH3 is 3. The van der Waals surface area contributed by atoms with Crippen LogP contribution in [0.25, 0.3) is 0 Å². The normalized spacial score (nSPS) is 16.2. The van der Waals surface area contributed by atoms with Crippen molar-refractivity contribution in [2.75, 3.05) is 27.9 Å². The van der Waals surface area contributed by atoms with Crippen LogP contribution < -0.4 is 18.9 Å². The summed E-state index contributed by atoms with van der Waals surface area (Å²) in [5, 5.41) is 9.55. The van der Waals surface area contributed by atoms with Crippen molar-refractivity contribution in [1.82, 2.24) is 0 Å². The van der Waals surface area contributed by atoms with E-state index in [4.69, 9.17) is 18.9 Å². The van der Waals surface area contributed by atoms with Gasteiger partial charge in [0.15, 0.2) is 11.5 Å². The minimum Gasteiger partial charge on any atom is -0.508 e. The number of hydrogen-bond donors (Lipinski definition) is 1. The average molecular weight is 316 g/mol. The SMILES string of the molecule is COc1ccc(C2COc3cc(O)ccc3C2)c(OC)c1OC. The summed E-state index contributed by atoms with van der Waals surface area (Å²) in [6, 6.07) is 9.08. The first kappa shape index (κ1) is 15.3. The first-order valence-corrected chi connectivity index (χ1v) is 7.41. The van der Waals surface area contributed by atoms with Gasteiger partial charge in [-0.1, -0.05) is 12.1 Å². The molecule has 0 amide bonds. The van der Waals surface area contributed by atoms with Crippen LogP contribution in [0.3, 0.4) is 0 Å². The fourth-order valence-corrected chi connectivity index (χ4v) is 3.01. The molecular formula is C18H20O5. The van der Waals surface area contributed by atoms with E-state index in [2.05, 4.69) is 0 Å². The quantitative estimate of drug-likeness (QED) is 0.939. The molecule has 23 heavy (non-hydrogen) atoms. The molecular weight excluding hydrogens is 296 g/mol. The van der Waals surface area contributed by atoms with Gasteiger partial charge >= 0.3 is 0 Å². The third-order valence-electron chi connectivity index (χ3n) is 4.13. The Hall–Kier alpha value is -2.56. The number of ether oxygens (including phenoxy) is 4. The van der Waals surface area contributed by atoms with Gasteiger partial charge in [0.2, 0.25) is 5.75 Å². The molecule has 0 fully saturated rings. The van der Waals surface area contributed by atoms with Crippen LogP contribution in [0, 0.1) is 0 Å². The second-order valence-electron chi connectivity index (χ2n) is 5.43. The molecule has 0 aliphatic carbocycles. The van der Waals surface area contributed by atoms with Crippen molar-refractivity contribution in [1.29, 1.82) is 0 Å². The zero-order valence-corrected chi connectivity index (χ0v) is 13.5. The molecule has 1 unspecified atom stereocenters. The van der Waals surface area contributed by atoms with E-state index >= 15 is 0 Å². The molecule has 1 heterocycles. The van der Waals surface area contributed by atoms with E-state index in [0.29, 0.717) is 23.9 Å². The molecule has 122 valence electrons. The monoisotopic (exact) mass is 316 g/mol. The molecule has 1 atom stereocenters. The maximum Gasteiger partial charge on any atom is 0.203 e. The standard InChI is InChI=1S/C18H20O5/c1-20-15-7-6-14(17(21-2)18(15)22-3)12-8-11-4-5-13(19)9-16(11)23-10-12/h4-7,9,12,19H,8,10H2,1-3H3. The van der Waals surface area contributed by atoms with Crippen molar-refractivity contribution in [3.8, 4) is 28.7 Å². The molecule has 0 saturated heterocycles. The van der Waals surface area contributed by atoms with Gasteiger partial charge in [0.05, 0.1) is 27.9 Å². The summed E-state index contributed by atoms with van der Waals surface area (Å²) in [6.07, 6.45) is 0.807. The zero-order valence-electron chi connectivity index (χ0n) is 13.5. The Balaban J connectivity index is 1.98. The third-order valence-corrected chi connectivity index (χ3v) is 4.13. The maximum absolute atomic E-state index is 9.55. The molecule has 1 N–H and O–H groups in total. The van der Waals surface area contributed by atoms with Crippen molar-refractivity contribution in [2.24, 2.45) is 0 Å². The Kier molecular flexibility index (Phi) is 4.19. The highest BCUT2D eigenvalue weighted by molar-refractivity contribution is 5.57. The van der Waals surface area contributed by atoms with E-state index in [9.17, 15) is 5.11 Å². The van der Waals surface area contributed by atoms with Crippen LogP contribution in [-0.4, -0.2) is 33.0 Å². The molecule has 1 aliphatic rings. The van der Waals surface area contributed by atoms with E-state index in [1.807, 2.05) is 18.2 Å². The molecule has 1 aliphatic heterocycles. The minimum atomic E-state index is 0.141. The molecule has 0 radical (unpaired) electrons. The van der Waals surface area contributed by atoms with Crippen LogP contribution in [0.15, 0.2) is 30.3 Å². The number of hydrogen-bond acceptors (Lipinski definition) is 5. The second kappa shape index (κ2) is 6.28. The summed E-state index contributed by atoms with van der Waals surface area (Å²) < 4.78 is 22.2. The Labute approximate surface area is 135 Å². The lowest BCUT2D eigenvalue weighted by atomic mass is 9.89. The molecule has 0 saturated carbocycles. The Morgan fingerprint density at radius 1 is 1.00 bits per heavy atom. The topological polar surface area (TPSA) is 57.2 Å². The van der Waals surface area contributed by atoms with E-state index in [0.717, 1.165) is 23.3 Å². The smallest absolute Gasteiger partial charge is 0.203 e. The van der Waals surface area contributed by atoms with Crippen LogP contribution in [0.2, 0.25) is 0 Å². The van der Waals surface area contributed by atoms with Gasteiger partial charge in [-0.05, 0) is 24.1 Å². The Morgan fingerprint density at radius 3 is 2.48 bits per heavy atom. The summed E-state index contributed by atoms with van der Waals surface area (Å²) in [5.74, 6) is 2.98. The summed E-state index contributed by atoms with van der Waals surface area (Å²) in [6.45, 7) is 0.516. The number of fused-ring (bicyclic) bond motifs is 1. The molecule has 2 aromatic rings. The van der Waals surface area contributed by atoms with Gasteiger partial charge in [0.1, 0.15) is 11.5 Å². The van der Waals surface area contributed by atoms with E-state index < -0.39 is 0 Å². The lowest BCUT2D eigenvalue weighted by Crippen LogP contribution is -2.20. The highest BCUT2D eigenvalue weighted by Crippen LogP contribution is 2.45. The van der Waals surface area contributed by atoms with Crippen LogP contribution >= 0.6 is 0 Å². The fourth-order valence-electron chi connectivity index (χ4n) is 3.01. The van der Waals surface area contributed by atoms with Crippen molar-refractivity contribution < 1.29 is 24.1 Å². The van der Waals surface area contributed by atoms with Crippen molar-refractivity contribution in [2.45, 2.75) is 12.3 Å². The molecule has 0 spiro atoms. The highest BCUT2D eigenvalue weighted by atomic mass is 16.5. The Bertz CT molecular complexity index is 711. The first-order chi connectivity index (χ1) is 11.2. The lowest BCUT2D eigenvalue weighted by Gasteiger charge is -2.27. The van der Waals surface area contributed by atoms with Crippen molar-refractivity contribution >= 4 is 0 Å². The van der Waals surface area contributed by atoms with Crippen LogP contribution in [0.4, 0.5) is 0 Å². The first-order valence-electron chi connectivity index (χ1n) is 7.41. The van der Waals surface area contributed by atoms with E-state index in [1.165, 1.54) is 0 Å². The summed E-state index contributed by atoms with van der Waals surface area (Å²) in [7, 11) is 4.82. The third kappa shape index (κ3) is 2.74. The number of benzene rings is 2. The van der Waals surface area contributed by atoms with Crippen LogP contribution in [0.5, 0.6) is 28.7 Å². The fraction of sp³-hybridized carbons (Fsp3) is 0.333. The van der Waals surface area contributed by atoms with Gasteiger partial charge in [0.25, 0.3) is 0 Å².